The molecular weight excluding hydrogens is 1060 g/mol. The minimum absolute atomic E-state index is 0.0265. The van der Waals surface area contributed by atoms with Crippen LogP contribution in [0.2, 0.25) is 0 Å². The van der Waals surface area contributed by atoms with Gasteiger partial charge in [-0.25, -0.2) is 0 Å². The third-order valence-electron chi connectivity index (χ3n) is 14.4. The molecule has 0 bridgehead atoms. The predicted molar refractivity (Wildman–Crippen MR) is 299 cm³/mol. The van der Waals surface area contributed by atoms with Crippen LogP contribution in [0.5, 0.6) is 0 Å². The lowest BCUT2D eigenvalue weighted by Crippen LogP contribution is -2.60. The van der Waals surface area contributed by atoms with E-state index in [1.165, 1.54) is 35.8 Å². The number of H-pyrrole nitrogens is 1. The summed E-state index contributed by atoms with van der Waals surface area (Å²) in [5, 5.41) is 31.5. The number of aliphatic hydroxyl groups excluding tert-OH is 1. The number of aromatic amines is 1. The van der Waals surface area contributed by atoms with Crippen molar-refractivity contribution in [2.45, 2.75) is 145 Å². The minimum Gasteiger partial charge on any atom is -0.394 e. The van der Waals surface area contributed by atoms with Gasteiger partial charge in [-0.15, -0.1) is 0 Å². The van der Waals surface area contributed by atoms with E-state index in [9.17, 15) is 53.1 Å². The molecule has 11 amide bonds. The number of likely N-dealkylation sites (tertiary alicyclic amines) is 1. The number of aliphatic imine (C=N–C) groups is 1. The Kier molecular flexibility index (Phi) is 22.5. The number of nitrogens with zero attached hydrogens (tertiary/aromatic N) is 3. The fraction of sp³-hybridized carbons (Fsp3) is 0.491. The van der Waals surface area contributed by atoms with Gasteiger partial charge < -0.3 is 79.6 Å². The van der Waals surface area contributed by atoms with Crippen LogP contribution in [-0.4, -0.2) is 177 Å². The highest BCUT2D eigenvalue weighted by Crippen LogP contribution is 2.23. The predicted octanol–water partition coefficient (Wildman–Crippen LogP) is -3.25. The lowest BCUT2D eigenvalue weighted by atomic mass is 10.0. The number of nitrogens with two attached hydrogens (primary N) is 3. The quantitative estimate of drug-likeness (QED) is 0.0229. The number of fused-ring (bicyclic) bond motifs is 2. The van der Waals surface area contributed by atoms with Crippen molar-refractivity contribution in [2.24, 2.45) is 22.2 Å². The molecule has 0 radical (unpaired) electrons. The normalized spacial score (nSPS) is 22.5. The Morgan fingerprint density at radius 1 is 0.756 bits per heavy atom. The van der Waals surface area contributed by atoms with Crippen LogP contribution in [-0.2, 0) is 65.6 Å². The topological polar surface area (TPSA) is 417 Å². The first-order valence-electron chi connectivity index (χ1n) is 27.4. The molecule has 3 aliphatic heterocycles. The van der Waals surface area contributed by atoms with Gasteiger partial charge in [0.05, 0.1) is 6.61 Å². The monoisotopic (exact) mass is 1140 g/mol. The van der Waals surface area contributed by atoms with Crippen LogP contribution in [0.25, 0.3) is 10.9 Å². The molecule has 4 heterocycles. The largest absolute Gasteiger partial charge is 0.394 e. The van der Waals surface area contributed by atoms with E-state index in [0.717, 1.165) is 6.92 Å². The summed E-state index contributed by atoms with van der Waals surface area (Å²) in [6.07, 6.45) is 5.43. The number of para-hydroxylation sites is 1. The highest BCUT2D eigenvalue weighted by Gasteiger charge is 2.41. The maximum atomic E-state index is 15.1. The lowest BCUT2D eigenvalue weighted by molar-refractivity contribution is -0.143. The molecule has 2 aromatic carbocycles. The van der Waals surface area contributed by atoms with Gasteiger partial charge in [0.1, 0.15) is 60.4 Å². The van der Waals surface area contributed by atoms with E-state index in [0.29, 0.717) is 41.3 Å². The van der Waals surface area contributed by atoms with Gasteiger partial charge in [-0.05, 0) is 82.4 Å². The molecule has 27 nitrogen and oxygen atoms in total. The van der Waals surface area contributed by atoms with Crippen molar-refractivity contribution in [3.05, 3.63) is 84.1 Å². The summed E-state index contributed by atoms with van der Waals surface area (Å²) < 4.78 is 0. The van der Waals surface area contributed by atoms with Crippen molar-refractivity contribution < 1.29 is 57.8 Å². The summed E-state index contributed by atoms with van der Waals surface area (Å²) in [7, 11) is 0. The molecule has 442 valence electrons. The number of carbonyl (C=O) groups is 11. The fourth-order valence-electron chi connectivity index (χ4n) is 10.1. The minimum atomic E-state index is -1.51. The third kappa shape index (κ3) is 17.1. The Morgan fingerprint density at radius 2 is 1.44 bits per heavy atom. The molecule has 10 atom stereocenters. The summed E-state index contributed by atoms with van der Waals surface area (Å²) in [6.45, 7) is 3.45. The number of rotatable bonds is 20. The molecule has 16 N–H and O–H groups in total. The molecule has 3 aromatic rings. The van der Waals surface area contributed by atoms with Gasteiger partial charge in [0.15, 0.2) is 5.96 Å². The molecule has 82 heavy (non-hydrogen) atoms. The average molecular weight is 1140 g/mol. The summed E-state index contributed by atoms with van der Waals surface area (Å²) in [4.78, 5) is 162. The van der Waals surface area contributed by atoms with Gasteiger partial charge in [-0.2, -0.15) is 0 Å². The zero-order chi connectivity index (χ0) is 59.6. The molecule has 27 heteroatoms. The number of hydrogen-bond donors (Lipinski definition) is 13. The standard InChI is InChI=1S/C55H75N15O12/c1-30(61-51(79)42(29-71)63-32(3)72)46(74)64-38(20-11-23-59-55(57)58)48(76)67-40(27-34-28-60-36-17-8-7-16-35(34)36)50(78)65-37-18-9-10-19-39(53(81)69-24-12-21-43(69)45(56)73)66-47(75)31(2)62-52(80)44-22-13-25-70(44)54(82)41(68-49(37)77)26-33-14-5-4-6-15-33/h4-10,14-17,28,30-31,37-44,60,71H,11-13,18-27,29H2,1-3H3,(H2,56,73)(H,61,79)(H,62,80)(H,63,72)(H,64,74)(H,65,78)(H,66,75)(H,67,76)(H,68,77)(H4,57,58,59)/b10-9-/t30-,31-,37-,38-,39-,40-,41-,42-,43-,44-/m0/s1. The van der Waals surface area contributed by atoms with Crippen LogP contribution >= 0.6 is 0 Å². The molecular formula is C55H75N15O12. The molecule has 0 aliphatic carbocycles. The van der Waals surface area contributed by atoms with E-state index < -0.39 is 132 Å². The summed E-state index contributed by atoms with van der Waals surface area (Å²) >= 11 is 0. The molecule has 2 saturated heterocycles. The van der Waals surface area contributed by atoms with Gasteiger partial charge in [0, 0.05) is 56.5 Å². The number of amides is 11. The lowest BCUT2D eigenvalue weighted by Gasteiger charge is -2.31. The van der Waals surface area contributed by atoms with Crippen molar-refractivity contribution in [3.63, 3.8) is 0 Å². The molecule has 6 rings (SSSR count). The maximum absolute atomic E-state index is 15.1. The number of nitrogens with one attached hydrogen (secondary N) is 9. The number of hydrogen-bond acceptors (Lipinski definition) is 13. The zero-order valence-electron chi connectivity index (χ0n) is 46.1. The van der Waals surface area contributed by atoms with Crippen LogP contribution in [0.15, 0.2) is 77.9 Å². The first-order chi connectivity index (χ1) is 39.1. The van der Waals surface area contributed by atoms with E-state index in [4.69, 9.17) is 17.2 Å². The van der Waals surface area contributed by atoms with Crippen LogP contribution < -0.4 is 59.7 Å². The first-order valence-corrected chi connectivity index (χ1v) is 27.4. The van der Waals surface area contributed by atoms with E-state index in [1.54, 1.807) is 60.8 Å². The Bertz CT molecular complexity index is 2890. The summed E-state index contributed by atoms with van der Waals surface area (Å²) in [5.74, 6) is -8.51. The highest BCUT2D eigenvalue weighted by molar-refractivity contribution is 5.99. The van der Waals surface area contributed by atoms with Gasteiger partial charge in [-0.1, -0.05) is 60.7 Å². The number of benzene rings is 2. The van der Waals surface area contributed by atoms with Crippen LogP contribution in [0.1, 0.15) is 83.3 Å². The van der Waals surface area contributed by atoms with Crippen molar-refractivity contribution in [1.82, 2.24) is 57.3 Å². The van der Waals surface area contributed by atoms with Crippen molar-refractivity contribution in [1.29, 1.82) is 0 Å². The van der Waals surface area contributed by atoms with E-state index in [2.05, 4.69) is 52.5 Å². The number of carbonyl (C=O) groups excluding carboxylic acids is 11. The van der Waals surface area contributed by atoms with E-state index in [-0.39, 0.29) is 70.5 Å². The van der Waals surface area contributed by atoms with Crippen LogP contribution in [0, 0.1) is 0 Å². The van der Waals surface area contributed by atoms with Gasteiger partial charge in [0.25, 0.3) is 0 Å². The van der Waals surface area contributed by atoms with Crippen LogP contribution in [0.4, 0.5) is 0 Å². The van der Waals surface area contributed by atoms with Gasteiger partial charge >= 0.3 is 0 Å². The van der Waals surface area contributed by atoms with Gasteiger partial charge in [0.2, 0.25) is 65.0 Å². The summed E-state index contributed by atoms with van der Waals surface area (Å²) in [6, 6.07) is 3.15. The SMILES string of the molecule is CC(=O)N[C@@H](CO)C(=O)N[C@@H](C)C(=O)N[C@@H](CCCN=C(N)N)C(=O)N[C@@H](Cc1c[nH]c2ccccc12)C(=O)N[C@H]1C/C=C\C[C@@H](C(=O)N2CCC[C@H]2C(N)=O)NC(=O)[C@H](C)NC(=O)[C@@H]2CCCN2C(=O)[C@H](Cc2ccccc2)NC1=O. The average Bonchev–Trinajstić information content (AvgIpc) is 4.45. The Labute approximate surface area is 473 Å². The molecule has 1 aromatic heterocycles. The van der Waals surface area contributed by atoms with Crippen LogP contribution in [0.3, 0.4) is 0 Å². The Hall–Kier alpha value is -8.88. The molecule has 2 fully saturated rings. The van der Waals surface area contributed by atoms with E-state index >= 15 is 4.79 Å². The van der Waals surface area contributed by atoms with Crippen molar-refractivity contribution in [2.75, 3.05) is 26.2 Å². The smallest absolute Gasteiger partial charge is 0.246 e. The van der Waals surface area contributed by atoms with Crippen molar-refractivity contribution >= 4 is 81.8 Å². The molecule has 0 saturated carbocycles. The number of primary amides is 1. The molecule has 0 spiro atoms. The number of guanidine groups is 1. The van der Waals surface area contributed by atoms with Crippen molar-refractivity contribution in [3.8, 4) is 0 Å². The first kappa shape index (κ1) is 62.3. The van der Waals surface area contributed by atoms with Gasteiger partial charge in [-0.3, -0.25) is 57.7 Å². The molecule has 3 aliphatic rings. The second-order valence-corrected chi connectivity index (χ2v) is 20.6. The Balaban J connectivity index is 1.36. The second-order valence-electron chi connectivity index (χ2n) is 20.6. The third-order valence-corrected chi connectivity index (χ3v) is 14.4. The number of aliphatic hydroxyl groups is 1. The second kappa shape index (κ2) is 29.5. The number of aromatic nitrogens is 1. The Morgan fingerprint density at radius 3 is 2.15 bits per heavy atom. The summed E-state index contributed by atoms with van der Waals surface area (Å²) in [5.41, 5.74) is 18.7. The highest BCUT2D eigenvalue weighted by atomic mass is 16.3. The maximum Gasteiger partial charge on any atom is 0.246 e. The fourth-order valence-corrected chi connectivity index (χ4v) is 10.1. The molecule has 0 unspecified atom stereocenters. The van der Waals surface area contributed by atoms with E-state index in [1.807, 2.05) is 0 Å². The zero-order valence-corrected chi connectivity index (χ0v) is 46.1.